The fraction of sp³-hybridized carbons (Fsp3) is 0.250. The summed E-state index contributed by atoms with van der Waals surface area (Å²) in [5, 5.41) is 10.4. The Morgan fingerprint density at radius 1 is 1.09 bits per heavy atom. The molecule has 2 aromatic rings. The van der Waals surface area contributed by atoms with E-state index in [2.05, 4.69) is 48.5 Å². The smallest absolute Gasteiger partial charge is 0.243 e. The number of nitrogens with zero attached hydrogens (tertiary/aromatic N) is 1. The zero-order valence-electron chi connectivity index (χ0n) is 13.3. The number of carbonyl (C=O) groups excluding carboxylic acids is 1. The van der Waals surface area contributed by atoms with Crippen LogP contribution in [0.3, 0.4) is 0 Å². The van der Waals surface area contributed by atoms with Gasteiger partial charge in [0.25, 0.3) is 0 Å². The number of amides is 1. The van der Waals surface area contributed by atoms with E-state index >= 15 is 0 Å². The SMILES string of the molecule is CC(=O)N(O)CC1=Cc2cc(Cc3ccccc3)ccc2CC1. The molecule has 0 saturated carbocycles. The van der Waals surface area contributed by atoms with Crippen LogP contribution in [0, 0.1) is 0 Å². The summed E-state index contributed by atoms with van der Waals surface area (Å²) in [6.45, 7) is 1.66. The van der Waals surface area contributed by atoms with Gasteiger partial charge >= 0.3 is 0 Å². The van der Waals surface area contributed by atoms with Crippen LogP contribution in [0.5, 0.6) is 0 Å². The van der Waals surface area contributed by atoms with Gasteiger partial charge in [0.2, 0.25) is 5.91 Å². The Hall–Kier alpha value is -2.39. The van der Waals surface area contributed by atoms with Crippen LogP contribution < -0.4 is 0 Å². The lowest BCUT2D eigenvalue weighted by Crippen LogP contribution is -2.27. The molecule has 0 saturated heterocycles. The molecular formula is C20H21NO2. The lowest BCUT2D eigenvalue weighted by Gasteiger charge is -2.20. The van der Waals surface area contributed by atoms with Gasteiger partial charge in [-0.1, -0.05) is 54.6 Å². The second-order valence-electron chi connectivity index (χ2n) is 6.07. The fourth-order valence-corrected chi connectivity index (χ4v) is 2.96. The zero-order valence-corrected chi connectivity index (χ0v) is 13.3. The second kappa shape index (κ2) is 6.80. The van der Waals surface area contributed by atoms with E-state index in [4.69, 9.17) is 0 Å². The van der Waals surface area contributed by atoms with Crippen molar-refractivity contribution >= 4 is 12.0 Å². The van der Waals surface area contributed by atoms with Gasteiger partial charge in [-0.25, -0.2) is 5.06 Å². The second-order valence-corrected chi connectivity index (χ2v) is 6.07. The minimum Gasteiger partial charge on any atom is -0.286 e. The number of hydrogen-bond donors (Lipinski definition) is 1. The normalized spacial score (nSPS) is 13.2. The molecule has 0 fully saturated rings. The maximum atomic E-state index is 11.2. The Bertz CT molecular complexity index is 735. The van der Waals surface area contributed by atoms with Gasteiger partial charge in [0.1, 0.15) is 0 Å². The highest BCUT2D eigenvalue weighted by atomic mass is 16.5. The molecule has 3 nitrogen and oxygen atoms in total. The summed E-state index contributed by atoms with van der Waals surface area (Å²) < 4.78 is 0. The van der Waals surface area contributed by atoms with E-state index in [1.807, 2.05) is 6.07 Å². The topological polar surface area (TPSA) is 40.5 Å². The van der Waals surface area contributed by atoms with E-state index < -0.39 is 0 Å². The largest absolute Gasteiger partial charge is 0.286 e. The van der Waals surface area contributed by atoms with Crippen LogP contribution in [0.1, 0.15) is 35.6 Å². The molecule has 0 radical (unpaired) electrons. The Labute approximate surface area is 136 Å². The average molecular weight is 307 g/mol. The van der Waals surface area contributed by atoms with Gasteiger partial charge in [-0.05, 0) is 47.1 Å². The number of aryl methyl sites for hydroxylation is 1. The van der Waals surface area contributed by atoms with Crippen molar-refractivity contribution in [3.8, 4) is 0 Å². The van der Waals surface area contributed by atoms with E-state index in [9.17, 15) is 10.0 Å². The van der Waals surface area contributed by atoms with Gasteiger partial charge in [-0.15, -0.1) is 0 Å². The molecule has 1 aliphatic carbocycles. The molecule has 1 N–H and O–H groups in total. The summed E-state index contributed by atoms with van der Waals surface area (Å²) in [6.07, 6.45) is 4.87. The highest BCUT2D eigenvalue weighted by molar-refractivity contribution is 5.72. The molecule has 0 unspecified atom stereocenters. The van der Waals surface area contributed by atoms with E-state index in [1.54, 1.807) is 0 Å². The van der Waals surface area contributed by atoms with Crippen molar-refractivity contribution in [3.63, 3.8) is 0 Å². The first-order valence-corrected chi connectivity index (χ1v) is 7.94. The van der Waals surface area contributed by atoms with Crippen molar-refractivity contribution in [3.05, 3.63) is 76.4 Å². The summed E-state index contributed by atoms with van der Waals surface area (Å²) >= 11 is 0. The molecule has 118 valence electrons. The van der Waals surface area contributed by atoms with Crippen molar-refractivity contribution in [2.75, 3.05) is 6.54 Å². The van der Waals surface area contributed by atoms with Crippen LogP contribution in [0.2, 0.25) is 0 Å². The number of hydroxylamine groups is 2. The van der Waals surface area contributed by atoms with Crippen molar-refractivity contribution < 1.29 is 10.0 Å². The first-order valence-electron chi connectivity index (χ1n) is 7.94. The number of fused-ring (bicyclic) bond motifs is 1. The van der Waals surface area contributed by atoms with Crippen LogP contribution in [0.25, 0.3) is 6.08 Å². The molecule has 0 aliphatic heterocycles. The molecule has 1 amide bonds. The summed E-state index contributed by atoms with van der Waals surface area (Å²) in [5.41, 5.74) is 6.20. The molecule has 0 aromatic heterocycles. The average Bonchev–Trinajstić information content (AvgIpc) is 2.55. The van der Waals surface area contributed by atoms with E-state index in [1.165, 1.54) is 29.2 Å². The predicted octanol–water partition coefficient (Wildman–Crippen LogP) is 3.84. The maximum Gasteiger partial charge on any atom is 0.243 e. The molecular weight excluding hydrogens is 286 g/mol. The quantitative estimate of drug-likeness (QED) is 0.688. The molecule has 0 heterocycles. The molecule has 3 rings (SSSR count). The molecule has 23 heavy (non-hydrogen) atoms. The third kappa shape index (κ3) is 3.88. The number of carbonyl (C=O) groups is 1. The fourth-order valence-electron chi connectivity index (χ4n) is 2.96. The van der Waals surface area contributed by atoms with Crippen LogP contribution in [0.15, 0.2) is 54.1 Å². The van der Waals surface area contributed by atoms with Crippen molar-refractivity contribution in [2.24, 2.45) is 0 Å². The van der Waals surface area contributed by atoms with Crippen LogP contribution in [-0.4, -0.2) is 22.7 Å². The van der Waals surface area contributed by atoms with Crippen LogP contribution >= 0.6 is 0 Å². The standard InChI is InChI=1S/C20H21NO2/c1-15(22)21(23)14-18-8-10-19-9-7-17(12-20(19)13-18)11-16-5-3-2-4-6-16/h2-7,9,12-13,23H,8,10-11,14H2,1H3. The van der Waals surface area contributed by atoms with E-state index in [0.717, 1.165) is 29.9 Å². The van der Waals surface area contributed by atoms with Crippen LogP contribution in [-0.2, 0) is 17.6 Å². The number of rotatable bonds is 4. The summed E-state index contributed by atoms with van der Waals surface area (Å²) in [5.74, 6) is -0.325. The van der Waals surface area contributed by atoms with Gasteiger partial charge in [0, 0.05) is 6.92 Å². The van der Waals surface area contributed by atoms with Gasteiger partial charge < -0.3 is 0 Å². The number of hydrogen-bond acceptors (Lipinski definition) is 2. The Balaban J connectivity index is 1.79. The van der Waals surface area contributed by atoms with Gasteiger partial charge in [0.15, 0.2) is 0 Å². The van der Waals surface area contributed by atoms with Gasteiger partial charge in [-0.2, -0.15) is 0 Å². The van der Waals surface area contributed by atoms with Crippen molar-refractivity contribution in [2.45, 2.75) is 26.2 Å². The third-order valence-corrected chi connectivity index (χ3v) is 4.25. The lowest BCUT2D eigenvalue weighted by atomic mass is 9.90. The first-order chi connectivity index (χ1) is 11.1. The van der Waals surface area contributed by atoms with Gasteiger partial charge in [-0.3, -0.25) is 10.0 Å². The Kier molecular flexibility index (Phi) is 4.58. The monoisotopic (exact) mass is 307 g/mol. The molecule has 1 aliphatic rings. The summed E-state index contributed by atoms with van der Waals surface area (Å²) in [7, 11) is 0. The summed E-state index contributed by atoms with van der Waals surface area (Å²) in [4.78, 5) is 11.2. The molecule has 0 spiro atoms. The van der Waals surface area contributed by atoms with E-state index in [-0.39, 0.29) is 12.5 Å². The van der Waals surface area contributed by atoms with Gasteiger partial charge in [0.05, 0.1) is 6.54 Å². The maximum absolute atomic E-state index is 11.2. The van der Waals surface area contributed by atoms with Crippen molar-refractivity contribution in [1.29, 1.82) is 0 Å². The number of benzene rings is 2. The Morgan fingerprint density at radius 2 is 1.87 bits per heavy atom. The highest BCUT2D eigenvalue weighted by Gasteiger charge is 2.14. The zero-order chi connectivity index (χ0) is 16.2. The highest BCUT2D eigenvalue weighted by Crippen LogP contribution is 2.26. The lowest BCUT2D eigenvalue weighted by molar-refractivity contribution is -0.160. The van der Waals surface area contributed by atoms with Crippen LogP contribution in [0.4, 0.5) is 0 Å². The molecule has 0 bridgehead atoms. The summed E-state index contributed by atoms with van der Waals surface area (Å²) in [6, 6.07) is 17.0. The first kappa shape index (κ1) is 15.5. The van der Waals surface area contributed by atoms with E-state index in [0.29, 0.717) is 0 Å². The molecule has 3 heteroatoms. The molecule has 0 atom stereocenters. The minimum absolute atomic E-state index is 0.289. The predicted molar refractivity (Wildman–Crippen MR) is 91.2 cm³/mol. The van der Waals surface area contributed by atoms with Crippen molar-refractivity contribution in [1.82, 2.24) is 5.06 Å². The Morgan fingerprint density at radius 3 is 2.61 bits per heavy atom. The minimum atomic E-state index is -0.325. The molecule has 2 aromatic carbocycles. The third-order valence-electron chi connectivity index (χ3n) is 4.25.